The van der Waals surface area contributed by atoms with E-state index >= 15 is 0 Å². The number of rotatable bonds is 3. The van der Waals surface area contributed by atoms with Crippen molar-refractivity contribution >= 4 is 45.0 Å². The predicted octanol–water partition coefficient (Wildman–Crippen LogP) is 5.04. The molecule has 2 aromatic heterocycles. The number of carbonyl (C=O) groups excluding carboxylic acids is 1. The molecular formula is C24H15ClN4O2. The Morgan fingerprint density at radius 2 is 1.71 bits per heavy atom. The number of para-hydroxylation sites is 1. The average molecular weight is 427 g/mol. The van der Waals surface area contributed by atoms with Gasteiger partial charge in [-0.15, -0.1) is 0 Å². The van der Waals surface area contributed by atoms with E-state index < -0.39 is 0 Å². The highest BCUT2D eigenvalue weighted by Gasteiger charge is 2.15. The number of pyridine rings is 1. The van der Waals surface area contributed by atoms with Gasteiger partial charge < -0.3 is 10.3 Å². The number of aromatic nitrogens is 3. The van der Waals surface area contributed by atoms with Crippen LogP contribution >= 0.6 is 11.6 Å². The van der Waals surface area contributed by atoms with Crippen molar-refractivity contribution < 1.29 is 4.79 Å². The lowest BCUT2D eigenvalue weighted by molar-refractivity contribution is 0.102. The Morgan fingerprint density at radius 1 is 0.903 bits per heavy atom. The van der Waals surface area contributed by atoms with E-state index in [1.807, 2.05) is 36.4 Å². The minimum Gasteiger partial charge on any atom is -0.322 e. The van der Waals surface area contributed by atoms with Crippen LogP contribution in [0.1, 0.15) is 10.4 Å². The first-order valence-corrected chi connectivity index (χ1v) is 9.91. The van der Waals surface area contributed by atoms with Crippen LogP contribution < -0.4 is 10.9 Å². The van der Waals surface area contributed by atoms with Crippen molar-refractivity contribution in [3.8, 4) is 11.3 Å². The van der Waals surface area contributed by atoms with E-state index in [-0.39, 0.29) is 11.5 Å². The molecule has 0 bridgehead atoms. The minimum atomic E-state index is -0.298. The average Bonchev–Trinajstić information content (AvgIpc) is 2.79. The van der Waals surface area contributed by atoms with Crippen LogP contribution in [0.15, 0.2) is 83.9 Å². The summed E-state index contributed by atoms with van der Waals surface area (Å²) in [7, 11) is 0. The molecule has 0 atom stereocenters. The summed E-state index contributed by atoms with van der Waals surface area (Å²) in [5.41, 5.74) is 3.51. The number of hydrogen-bond donors (Lipinski definition) is 2. The first-order chi connectivity index (χ1) is 15.1. The summed E-state index contributed by atoms with van der Waals surface area (Å²) in [6.45, 7) is 0. The smallest absolute Gasteiger partial charge is 0.258 e. The summed E-state index contributed by atoms with van der Waals surface area (Å²) in [5.74, 6) is -0.298. The van der Waals surface area contributed by atoms with Gasteiger partial charge in [0.2, 0.25) is 0 Å². The normalized spacial score (nSPS) is 11.0. The molecule has 0 aliphatic carbocycles. The topological polar surface area (TPSA) is 87.7 Å². The third kappa shape index (κ3) is 3.65. The van der Waals surface area contributed by atoms with Gasteiger partial charge >= 0.3 is 0 Å². The Balaban J connectivity index is 1.58. The van der Waals surface area contributed by atoms with Crippen LogP contribution in [0.5, 0.6) is 0 Å². The zero-order chi connectivity index (χ0) is 21.4. The van der Waals surface area contributed by atoms with E-state index in [0.29, 0.717) is 38.4 Å². The van der Waals surface area contributed by atoms with Gasteiger partial charge in [0.05, 0.1) is 34.0 Å². The van der Waals surface area contributed by atoms with E-state index in [1.54, 1.807) is 36.4 Å². The van der Waals surface area contributed by atoms with Crippen molar-refractivity contribution in [2.45, 2.75) is 0 Å². The van der Waals surface area contributed by atoms with Crippen LogP contribution in [0.2, 0.25) is 5.02 Å². The molecule has 31 heavy (non-hydrogen) atoms. The maximum Gasteiger partial charge on any atom is 0.258 e. The van der Waals surface area contributed by atoms with Gasteiger partial charge in [-0.3, -0.25) is 9.59 Å². The van der Waals surface area contributed by atoms with Crippen molar-refractivity contribution in [1.82, 2.24) is 15.0 Å². The molecule has 0 saturated carbocycles. The molecule has 0 unspecified atom stereocenters. The molecule has 5 rings (SSSR count). The van der Waals surface area contributed by atoms with Gasteiger partial charge in [-0.05, 0) is 42.5 Å². The van der Waals surface area contributed by atoms with Crippen molar-refractivity contribution in [2.75, 3.05) is 5.32 Å². The van der Waals surface area contributed by atoms with Crippen LogP contribution in [0.25, 0.3) is 33.1 Å². The zero-order valence-corrected chi connectivity index (χ0v) is 16.9. The molecule has 0 fully saturated rings. The second kappa shape index (κ2) is 7.66. The highest BCUT2D eigenvalue weighted by molar-refractivity contribution is 6.30. The number of hydrogen-bond acceptors (Lipinski definition) is 4. The lowest BCUT2D eigenvalue weighted by atomic mass is 10.0. The standard InChI is InChI=1S/C24H15ClN4O2/c25-15-7-5-14(6-8-15)22-12-18(17-3-1-2-4-21(17)29-22)24(31)28-16-9-10-20-19(11-16)23(30)27-13-26-20/h1-13H,(H,28,31)(H,26,27,30). The molecule has 2 N–H and O–H groups in total. The Kier molecular flexibility index (Phi) is 4.69. The van der Waals surface area contributed by atoms with Gasteiger partial charge in [0.25, 0.3) is 11.5 Å². The fourth-order valence-electron chi connectivity index (χ4n) is 3.48. The summed E-state index contributed by atoms with van der Waals surface area (Å²) in [4.78, 5) is 36.7. The molecule has 0 spiro atoms. The number of halogens is 1. The van der Waals surface area contributed by atoms with Gasteiger partial charge in [-0.25, -0.2) is 9.97 Å². The molecule has 0 radical (unpaired) electrons. The number of amides is 1. The molecule has 0 aliphatic heterocycles. The summed E-state index contributed by atoms with van der Waals surface area (Å²) in [5, 5.41) is 4.66. The monoisotopic (exact) mass is 426 g/mol. The third-order valence-corrected chi connectivity index (χ3v) is 5.25. The number of carbonyl (C=O) groups is 1. The number of nitrogens with zero attached hydrogens (tertiary/aromatic N) is 2. The second-order valence-electron chi connectivity index (χ2n) is 7.00. The SMILES string of the molecule is O=C(Nc1ccc2nc[nH]c(=O)c2c1)c1cc(-c2ccc(Cl)cc2)nc2ccccc12. The first-order valence-electron chi connectivity index (χ1n) is 9.53. The van der Waals surface area contributed by atoms with Crippen LogP contribution in [-0.4, -0.2) is 20.9 Å². The molecule has 6 nitrogen and oxygen atoms in total. The molecule has 150 valence electrons. The number of anilines is 1. The molecule has 0 saturated heterocycles. The number of fused-ring (bicyclic) bond motifs is 2. The van der Waals surface area contributed by atoms with E-state index in [2.05, 4.69) is 15.3 Å². The largest absolute Gasteiger partial charge is 0.322 e. The van der Waals surface area contributed by atoms with Gasteiger partial charge in [0.15, 0.2) is 0 Å². The van der Waals surface area contributed by atoms with Gasteiger partial charge in [0, 0.05) is 21.7 Å². The molecule has 1 amide bonds. The van der Waals surface area contributed by atoms with Crippen molar-refractivity contribution in [2.24, 2.45) is 0 Å². The Bertz CT molecular complexity index is 1510. The quantitative estimate of drug-likeness (QED) is 0.423. The molecule has 5 aromatic rings. The number of aromatic amines is 1. The Labute approximate surface area is 181 Å². The lowest BCUT2D eigenvalue weighted by Crippen LogP contribution is -2.14. The van der Waals surface area contributed by atoms with Gasteiger partial charge in [-0.1, -0.05) is 41.9 Å². The maximum atomic E-state index is 13.2. The molecule has 2 heterocycles. The van der Waals surface area contributed by atoms with E-state index in [1.165, 1.54) is 6.33 Å². The van der Waals surface area contributed by atoms with E-state index in [0.717, 1.165) is 10.9 Å². The summed E-state index contributed by atoms with van der Waals surface area (Å²) >= 11 is 6.01. The fourth-order valence-corrected chi connectivity index (χ4v) is 3.60. The summed E-state index contributed by atoms with van der Waals surface area (Å²) < 4.78 is 0. The van der Waals surface area contributed by atoms with E-state index in [9.17, 15) is 9.59 Å². The van der Waals surface area contributed by atoms with E-state index in [4.69, 9.17) is 16.6 Å². The van der Waals surface area contributed by atoms with Crippen molar-refractivity contribution in [3.63, 3.8) is 0 Å². The van der Waals surface area contributed by atoms with Crippen LogP contribution in [0, 0.1) is 0 Å². The number of nitrogens with one attached hydrogen (secondary N) is 2. The summed E-state index contributed by atoms with van der Waals surface area (Å²) in [6, 6.07) is 21.6. The van der Waals surface area contributed by atoms with Crippen molar-refractivity contribution in [3.05, 3.63) is 100 Å². The maximum absolute atomic E-state index is 13.2. The zero-order valence-electron chi connectivity index (χ0n) is 16.1. The highest BCUT2D eigenvalue weighted by atomic mass is 35.5. The minimum absolute atomic E-state index is 0.263. The van der Waals surface area contributed by atoms with Crippen LogP contribution in [0.4, 0.5) is 5.69 Å². The third-order valence-electron chi connectivity index (χ3n) is 5.00. The second-order valence-corrected chi connectivity index (χ2v) is 7.43. The van der Waals surface area contributed by atoms with Crippen LogP contribution in [0.3, 0.4) is 0 Å². The molecule has 3 aromatic carbocycles. The highest BCUT2D eigenvalue weighted by Crippen LogP contribution is 2.27. The lowest BCUT2D eigenvalue weighted by Gasteiger charge is -2.11. The Morgan fingerprint density at radius 3 is 2.55 bits per heavy atom. The molecule has 0 aliphatic rings. The molecule has 7 heteroatoms. The van der Waals surface area contributed by atoms with Crippen molar-refractivity contribution in [1.29, 1.82) is 0 Å². The van der Waals surface area contributed by atoms with Gasteiger partial charge in [0.1, 0.15) is 0 Å². The summed E-state index contributed by atoms with van der Waals surface area (Å²) in [6.07, 6.45) is 1.35. The van der Waals surface area contributed by atoms with Crippen LogP contribution in [-0.2, 0) is 0 Å². The molecular weight excluding hydrogens is 412 g/mol. The van der Waals surface area contributed by atoms with Gasteiger partial charge in [-0.2, -0.15) is 0 Å². The Hall–Kier alpha value is -4.03. The first kappa shape index (κ1) is 19.0. The predicted molar refractivity (Wildman–Crippen MR) is 123 cm³/mol. The number of benzene rings is 3. The number of H-pyrrole nitrogens is 1. The fraction of sp³-hybridized carbons (Fsp3) is 0.